The number of nitrogens with zero attached hydrogens (tertiary/aromatic N) is 1. The summed E-state index contributed by atoms with van der Waals surface area (Å²) in [7, 11) is 1.51. The van der Waals surface area contributed by atoms with Crippen molar-refractivity contribution in [2.75, 3.05) is 33.4 Å². The Morgan fingerprint density at radius 2 is 2.09 bits per heavy atom. The van der Waals surface area contributed by atoms with Gasteiger partial charge in [0.25, 0.3) is 0 Å². The summed E-state index contributed by atoms with van der Waals surface area (Å²) in [4.78, 5) is 24.0. The molecule has 0 atom stereocenters. The molecule has 0 spiro atoms. The van der Waals surface area contributed by atoms with Gasteiger partial charge < -0.3 is 20.1 Å². The summed E-state index contributed by atoms with van der Waals surface area (Å²) in [6.45, 7) is 3.35. The zero-order valence-corrected chi connectivity index (χ0v) is 14.8. The third-order valence-corrected chi connectivity index (χ3v) is 3.33. The van der Waals surface area contributed by atoms with E-state index in [0.717, 1.165) is 10.0 Å². The Hall–Kier alpha value is -1.86. The molecule has 0 heterocycles. The van der Waals surface area contributed by atoms with Crippen LogP contribution in [-0.2, 0) is 14.3 Å². The van der Waals surface area contributed by atoms with Crippen molar-refractivity contribution in [3.05, 3.63) is 34.3 Å². The molecule has 23 heavy (non-hydrogen) atoms. The van der Waals surface area contributed by atoms with E-state index < -0.39 is 5.91 Å². The van der Waals surface area contributed by atoms with E-state index in [2.05, 4.69) is 15.9 Å². The lowest BCUT2D eigenvalue weighted by Crippen LogP contribution is -2.34. The van der Waals surface area contributed by atoms with E-state index in [-0.39, 0.29) is 12.5 Å². The molecule has 7 heteroatoms. The number of ether oxygens (including phenoxy) is 2. The Labute approximate surface area is 144 Å². The van der Waals surface area contributed by atoms with Gasteiger partial charge in [0.1, 0.15) is 12.4 Å². The van der Waals surface area contributed by atoms with Gasteiger partial charge >= 0.3 is 0 Å². The number of amides is 2. The van der Waals surface area contributed by atoms with E-state index in [0.29, 0.717) is 25.6 Å². The lowest BCUT2D eigenvalue weighted by molar-refractivity contribution is -0.129. The molecule has 2 N–H and O–H groups in total. The number of halogens is 1. The Morgan fingerprint density at radius 3 is 2.74 bits per heavy atom. The molecule has 0 saturated heterocycles. The van der Waals surface area contributed by atoms with Crippen LogP contribution in [0.25, 0.3) is 6.08 Å². The van der Waals surface area contributed by atoms with Crippen molar-refractivity contribution in [1.82, 2.24) is 4.90 Å². The number of carbonyl (C=O) groups is 2. The fourth-order valence-corrected chi connectivity index (χ4v) is 2.11. The highest BCUT2D eigenvalue weighted by Gasteiger charge is 2.08. The minimum Gasteiger partial charge on any atom is -0.491 e. The van der Waals surface area contributed by atoms with Crippen molar-refractivity contribution in [2.45, 2.75) is 6.92 Å². The normalized spacial score (nSPS) is 10.7. The smallest absolute Gasteiger partial charge is 0.246 e. The maximum atomic E-state index is 11.9. The minimum absolute atomic E-state index is 0.126. The number of hydrogen-bond donors (Lipinski definition) is 1. The van der Waals surface area contributed by atoms with Crippen molar-refractivity contribution >= 4 is 33.8 Å². The zero-order valence-electron chi connectivity index (χ0n) is 13.3. The predicted molar refractivity (Wildman–Crippen MR) is 92.0 cm³/mol. The molecule has 1 rings (SSSR count). The molecule has 0 bridgehead atoms. The molecule has 0 aromatic heterocycles. The van der Waals surface area contributed by atoms with Crippen LogP contribution in [0.4, 0.5) is 0 Å². The third-order valence-electron chi connectivity index (χ3n) is 2.84. The van der Waals surface area contributed by atoms with Crippen molar-refractivity contribution in [2.24, 2.45) is 5.73 Å². The second-order valence-electron chi connectivity index (χ2n) is 4.72. The summed E-state index contributed by atoms with van der Waals surface area (Å²) in [5, 5.41) is 0. The predicted octanol–water partition coefficient (Wildman–Crippen LogP) is 1.82. The van der Waals surface area contributed by atoms with Crippen LogP contribution in [0.3, 0.4) is 0 Å². The first-order valence-electron chi connectivity index (χ1n) is 7.15. The first-order valence-corrected chi connectivity index (χ1v) is 7.95. The van der Waals surface area contributed by atoms with E-state index in [4.69, 9.17) is 15.2 Å². The molecule has 0 aliphatic heterocycles. The minimum atomic E-state index is -0.559. The monoisotopic (exact) mass is 384 g/mol. The maximum absolute atomic E-state index is 11.9. The van der Waals surface area contributed by atoms with Crippen LogP contribution in [-0.4, -0.2) is 50.1 Å². The number of likely N-dealkylation sites (N-methyl/N-ethyl adjacent to an activating group) is 1. The molecule has 0 saturated carbocycles. The highest BCUT2D eigenvalue weighted by atomic mass is 79.9. The van der Waals surface area contributed by atoms with Crippen LogP contribution < -0.4 is 10.5 Å². The van der Waals surface area contributed by atoms with Gasteiger partial charge in [-0.25, -0.2) is 0 Å². The van der Waals surface area contributed by atoms with Gasteiger partial charge in [-0.05, 0) is 31.2 Å². The van der Waals surface area contributed by atoms with Crippen LogP contribution in [0.2, 0.25) is 0 Å². The molecule has 1 aromatic carbocycles. The van der Waals surface area contributed by atoms with Crippen molar-refractivity contribution in [3.8, 4) is 5.75 Å². The summed E-state index contributed by atoms with van der Waals surface area (Å²) in [6, 6.07) is 5.51. The topological polar surface area (TPSA) is 81.9 Å². The van der Waals surface area contributed by atoms with Crippen LogP contribution in [0.1, 0.15) is 12.5 Å². The van der Waals surface area contributed by atoms with E-state index in [1.807, 2.05) is 25.1 Å². The van der Waals surface area contributed by atoms with Crippen LogP contribution in [0.15, 0.2) is 28.7 Å². The van der Waals surface area contributed by atoms with Gasteiger partial charge in [0.15, 0.2) is 0 Å². The van der Waals surface area contributed by atoms with Gasteiger partial charge in [0, 0.05) is 29.8 Å². The molecule has 0 aliphatic rings. The van der Waals surface area contributed by atoms with E-state index in [1.54, 1.807) is 6.08 Å². The van der Waals surface area contributed by atoms with E-state index >= 15 is 0 Å². The number of benzene rings is 1. The molecule has 1 aromatic rings. The first-order chi connectivity index (χ1) is 10.9. The molecule has 0 aliphatic carbocycles. The van der Waals surface area contributed by atoms with Crippen molar-refractivity contribution in [1.29, 1.82) is 0 Å². The summed E-state index contributed by atoms with van der Waals surface area (Å²) in [5.41, 5.74) is 5.81. The molecule has 126 valence electrons. The number of nitrogens with two attached hydrogens (primary N) is 1. The summed E-state index contributed by atoms with van der Waals surface area (Å²) < 4.78 is 11.8. The Balaban J connectivity index is 2.77. The number of carbonyl (C=O) groups excluding carboxylic acids is 2. The second-order valence-corrected chi connectivity index (χ2v) is 5.64. The number of primary amides is 1. The van der Waals surface area contributed by atoms with Crippen LogP contribution in [0, 0.1) is 0 Å². The summed E-state index contributed by atoms with van der Waals surface area (Å²) in [6.07, 6.45) is 3.01. The van der Waals surface area contributed by atoms with Gasteiger partial charge in [0.2, 0.25) is 11.8 Å². The van der Waals surface area contributed by atoms with Gasteiger partial charge in [-0.1, -0.05) is 15.9 Å². The maximum Gasteiger partial charge on any atom is 0.246 e. The first kappa shape index (κ1) is 19.2. The Morgan fingerprint density at radius 1 is 1.35 bits per heavy atom. The number of hydrogen-bond acceptors (Lipinski definition) is 4. The number of rotatable bonds is 9. The SMILES string of the molecule is CCOCCOc1ccc(Br)cc1/C=C/C(=O)N(C)CC(N)=O. The molecular weight excluding hydrogens is 364 g/mol. The van der Waals surface area contributed by atoms with Crippen LogP contribution >= 0.6 is 15.9 Å². The Kier molecular flexibility index (Phi) is 8.36. The Bertz CT molecular complexity index is 575. The van der Waals surface area contributed by atoms with Crippen LogP contribution in [0.5, 0.6) is 5.75 Å². The molecule has 6 nitrogen and oxygen atoms in total. The fraction of sp³-hybridized carbons (Fsp3) is 0.375. The summed E-state index contributed by atoms with van der Waals surface area (Å²) >= 11 is 3.39. The zero-order chi connectivity index (χ0) is 17.2. The third kappa shape index (κ3) is 7.30. The lowest BCUT2D eigenvalue weighted by atomic mass is 10.2. The fourth-order valence-electron chi connectivity index (χ4n) is 1.74. The molecule has 0 fully saturated rings. The molecule has 2 amide bonds. The molecular formula is C16H21BrN2O4. The highest BCUT2D eigenvalue weighted by Crippen LogP contribution is 2.24. The molecule has 0 unspecified atom stereocenters. The highest BCUT2D eigenvalue weighted by molar-refractivity contribution is 9.10. The van der Waals surface area contributed by atoms with Gasteiger partial charge in [0.05, 0.1) is 13.2 Å². The summed E-state index contributed by atoms with van der Waals surface area (Å²) in [5.74, 6) is -0.227. The van der Waals surface area contributed by atoms with Gasteiger partial charge in [-0.3, -0.25) is 9.59 Å². The van der Waals surface area contributed by atoms with Crippen molar-refractivity contribution < 1.29 is 19.1 Å². The second kappa shape index (κ2) is 10.0. The standard InChI is InChI=1S/C16H21BrN2O4/c1-3-22-8-9-23-14-6-5-13(17)10-12(14)4-7-16(21)19(2)11-15(18)20/h4-7,10H,3,8-9,11H2,1-2H3,(H2,18,20)/b7-4+. The van der Waals surface area contributed by atoms with Crippen molar-refractivity contribution in [3.63, 3.8) is 0 Å². The largest absolute Gasteiger partial charge is 0.491 e. The van der Waals surface area contributed by atoms with Gasteiger partial charge in [-0.2, -0.15) is 0 Å². The quantitative estimate of drug-likeness (QED) is 0.519. The average molecular weight is 385 g/mol. The van der Waals surface area contributed by atoms with E-state index in [9.17, 15) is 9.59 Å². The van der Waals surface area contributed by atoms with E-state index in [1.165, 1.54) is 18.0 Å². The average Bonchev–Trinajstić information content (AvgIpc) is 2.50. The molecule has 0 radical (unpaired) electrons. The lowest BCUT2D eigenvalue weighted by Gasteiger charge is -2.13. The van der Waals surface area contributed by atoms with Gasteiger partial charge in [-0.15, -0.1) is 0 Å².